The lowest BCUT2D eigenvalue weighted by molar-refractivity contribution is -0.150. The number of carbonyl (C=O) groups excluding carboxylic acids is 1. The first-order valence-electron chi connectivity index (χ1n) is 29.9. The van der Waals surface area contributed by atoms with E-state index in [9.17, 15) is 9.90 Å². The number of carbonyl (C=O) groups is 1. The predicted octanol–water partition coefficient (Wildman–Crippen LogP) is 19.6. The molecule has 0 amide bonds. The Morgan fingerprint density at radius 2 is 0.768 bits per heavy atom. The van der Waals surface area contributed by atoms with Crippen molar-refractivity contribution >= 4 is 5.97 Å². The lowest BCUT2D eigenvalue weighted by atomic mass is 9.83. The first-order valence-corrected chi connectivity index (χ1v) is 29.9. The molecular weight excluding hydrogens is 847 g/mol. The fourth-order valence-corrected chi connectivity index (χ4v) is 9.00. The van der Waals surface area contributed by atoms with E-state index < -0.39 is 5.60 Å². The van der Waals surface area contributed by atoms with E-state index in [1.807, 2.05) is 14.1 Å². The van der Waals surface area contributed by atoms with Crippen molar-refractivity contribution in [3.05, 3.63) is 72.9 Å². The minimum atomic E-state index is -0.903. The number of rotatable bonds is 54. The second kappa shape index (κ2) is 55.1. The molecule has 1 atom stereocenters. The molecule has 1 N–H and O–H groups in total. The quantitative estimate of drug-likeness (QED) is 0.0374. The number of allylic oxidation sites excluding steroid dienone is 12. The normalized spacial score (nSPS) is 13.8. The van der Waals surface area contributed by atoms with Crippen LogP contribution in [0, 0.1) is 0 Å². The summed E-state index contributed by atoms with van der Waals surface area (Å²) >= 11 is 0. The summed E-state index contributed by atoms with van der Waals surface area (Å²) in [6, 6.07) is 0. The van der Waals surface area contributed by atoms with Gasteiger partial charge < -0.3 is 19.5 Å². The molecule has 0 aliphatic rings. The Hall–Kier alpha value is -2.21. The Bertz CT molecular complexity index is 1180. The van der Waals surface area contributed by atoms with E-state index in [4.69, 9.17) is 9.47 Å². The van der Waals surface area contributed by atoms with Crippen molar-refractivity contribution in [1.29, 1.82) is 0 Å². The molecule has 0 heterocycles. The number of aliphatic hydroxyl groups is 1. The van der Waals surface area contributed by atoms with Crippen molar-refractivity contribution < 1.29 is 19.4 Å². The number of ether oxygens (including phenoxy) is 2. The molecule has 0 bridgehead atoms. The van der Waals surface area contributed by atoms with Crippen molar-refractivity contribution in [2.24, 2.45) is 0 Å². The summed E-state index contributed by atoms with van der Waals surface area (Å²) in [5, 5.41) is 12.6. The zero-order valence-corrected chi connectivity index (χ0v) is 46.7. The second-order valence-electron chi connectivity index (χ2n) is 20.6. The molecular formula is C64H117NO4. The van der Waals surface area contributed by atoms with Crippen molar-refractivity contribution in [1.82, 2.24) is 4.90 Å². The molecule has 0 aromatic heterocycles. The zero-order chi connectivity index (χ0) is 50.2. The smallest absolute Gasteiger partial charge is 0.305 e. The van der Waals surface area contributed by atoms with Gasteiger partial charge in [0, 0.05) is 19.4 Å². The van der Waals surface area contributed by atoms with E-state index in [0.29, 0.717) is 26.1 Å². The number of nitrogens with zero attached hydrogens (tertiary/aromatic N) is 1. The monoisotopic (exact) mass is 964 g/mol. The third-order valence-electron chi connectivity index (χ3n) is 13.5. The van der Waals surface area contributed by atoms with E-state index in [1.165, 1.54) is 173 Å². The molecule has 0 aliphatic carbocycles. The summed E-state index contributed by atoms with van der Waals surface area (Å²) in [6.45, 7) is 8.63. The van der Waals surface area contributed by atoms with Gasteiger partial charge in [-0.25, -0.2) is 0 Å². The van der Waals surface area contributed by atoms with E-state index in [-0.39, 0.29) is 12.1 Å². The van der Waals surface area contributed by atoms with Gasteiger partial charge in [0.1, 0.15) is 0 Å². The number of unbranched alkanes of at least 4 members (excludes halogenated alkanes) is 27. The van der Waals surface area contributed by atoms with E-state index in [0.717, 1.165) is 83.6 Å². The third kappa shape index (κ3) is 50.5. The first-order chi connectivity index (χ1) is 33.9. The number of esters is 1. The molecule has 0 aromatic carbocycles. The van der Waals surface area contributed by atoms with Gasteiger partial charge in [-0.1, -0.05) is 222 Å². The maximum Gasteiger partial charge on any atom is 0.305 e. The highest BCUT2D eigenvalue weighted by Gasteiger charge is 2.36. The molecule has 0 fully saturated rings. The molecule has 5 heteroatoms. The molecule has 0 aromatic rings. The Morgan fingerprint density at radius 1 is 0.435 bits per heavy atom. The standard InChI is InChI=1S/C64H117NO4/c1-6-9-12-15-18-21-24-27-30-33-36-39-42-45-48-51-57-64(67,58-52-49-46-43-40-37-34-31-28-25-22-19-16-13-10-7-2)62(56-61-69-63(66)55-54-59-65(4)5)68-60-53-50-47-44-41-38-35-32-29-26-23-20-17-14-11-8-3/h18-23,27-32,62,67H,6-17,24-26,33-61H2,1-5H3. The van der Waals surface area contributed by atoms with Crippen LogP contribution in [-0.2, 0) is 14.3 Å². The second-order valence-corrected chi connectivity index (χ2v) is 20.6. The summed E-state index contributed by atoms with van der Waals surface area (Å²) < 4.78 is 12.5. The number of hydrogen-bond donors (Lipinski definition) is 1. The van der Waals surface area contributed by atoms with Gasteiger partial charge in [-0.2, -0.15) is 0 Å². The van der Waals surface area contributed by atoms with E-state index in [1.54, 1.807) is 0 Å². The van der Waals surface area contributed by atoms with Crippen molar-refractivity contribution in [3.63, 3.8) is 0 Å². The SMILES string of the molecule is CCCCCC=CCC=CCCCCCCCCOC(CCOC(=O)CCCN(C)C)C(O)(CCCCCCCCC=CCC=CCCCCC)CCCCCCCCC=CCC=CCCCCC. The van der Waals surface area contributed by atoms with Crippen LogP contribution in [0.15, 0.2) is 72.9 Å². The van der Waals surface area contributed by atoms with Crippen LogP contribution in [0.1, 0.15) is 284 Å². The van der Waals surface area contributed by atoms with Gasteiger partial charge in [0.25, 0.3) is 0 Å². The summed E-state index contributed by atoms with van der Waals surface area (Å²) in [5.74, 6) is -0.139. The minimum Gasteiger partial charge on any atom is -0.466 e. The first kappa shape index (κ1) is 66.8. The van der Waals surface area contributed by atoms with Gasteiger partial charge >= 0.3 is 5.97 Å². The largest absolute Gasteiger partial charge is 0.466 e. The molecule has 0 saturated carbocycles. The average molecular weight is 965 g/mol. The van der Waals surface area contributed by atoms with Gasteiger partial charge in [-0.15, -0.1) is 0 Å². The van der Waals surface area contributed by atoms with Gasteiger partial charge in [-0.05, 0) is 143 Å². The maximum absolute atomic E-state index is 12.7. The molecule has 0 spiro atoms. The number of hydrogen-bond acceptors (Lipinski definition) is 5. The van der Waals surface area contributed by atoms with Gasteiger partial charge in [0.2, 0.25) is 0 Å². The Morgan fingerprint density at radius 3 is 1.13 bits per heavy atom. The highest BCUT2D eigenvalue weighted by molar-refractivity contribution is 5.69. The maximum atomic E-state index is 12.7. The van der Waals surface area contributed by atoms with Crippen LogP contribution >= 0.6 is 0 Å². The molecule has 5 nitrogen and oxygen atoms in total. The lowest BCUT2D eigenvalue weighted by Crippen LogP contribution is -2.45. The van der Waals surface area contributed by atoms with Crippen LogP contribution in [0.4, 0.5) is 0 Å². The van der Waals surface area contributed by atoms with Gasteiger partial charge in [0.05, 0.1) is 18.3 Å². The predicted molar refractivity (Wildman–Crippen MR) is 305 cm³/mol. The fourth-order valence-electron chi connectivity index (χ4n) is 9.00. The fraction of sp³-hybridized carbons (Fsp3) is 0.797. The van der Waals surface area contributed by atoms with Crippen molar-refractivity contribution in [2.75, 3.05) is 33.9 Å². The Balaban J connectivity index is 5.17. The Labute approximate surface area is 431 Å². The van der Waals surface area contributed by atoms with Gasteiger partial charge in [0.15, 0.2) is 0 Å². The van der Waals surface area contributed by atoms with Crippen LogP contribution < -0.4 is 0 Å². The molecule has 0 aliphatic heterocycles. The van der Waals surface area contributed by atoms with Crippen LogP contribution in [0.2, 0.25) is 0 Å². The molecule has 0 radical (unpaired) electrons. The van der Waals surface area contributed by atoms with Crippen molar-refractivity contribution in [3.8, 4) is 0 Å². The topological polar surface area (TPSA) is 59.0 Å². The summed E-state index contributed by atoms with van der Waals surface area (Å²) in [7, 11) is 4.07. The minimum absolute atomic E-state index is 0.139. The van der Waals surface area contributed by atoms with Crippen LogP contribution in [0.3, 0.4) is 0 Å². The van der Waals surface area contributed by atoms with Gasteiger partial charge in [-0.3, -0.25) is 4.79 Å². The van der Waals surface area contributed by atoms with E-state index in [2.05, 4.69) is 98.6 Å². The third-order valence-corrected chi connectivity index (χ3v) is 13.5. The summed E-state index contributed by atoms with van der Waals surface area (Å²) in [6.07, 6.45) is 74.7. The zero-order valence-electron chi connectivity index (χ0n) is 46.7. The highest BCUT2D eigenvalue weighted by Crippen LogP contribution is 2.31. The van der Waals surface area contributed by atoms with Crippen LogP contribution in [0.5, 0.6) is 0 Å². The molecule has 0 saturated heterocycles. The molecule has 1 unspecified atom stereocenters. The lowest BCUT2D eigenvalue weighted by Gasteiger charge is -2.37. The van der Waals surface area contributed by atoms with Crippen LogP contribution in [0.25, 0.3) is 0 Å². The summed E-state index contributed by atoms with van der Waals surface area (Å²) in [5.41, 5.74) is -0.903. The molecule has 69 heavy (non-hydrogen) atoms. The van der Waals surface area contributed by atoms with Crippen LogP contribution in [-0.4, -0.2) is 61.5 Å². The Kier molecular flexibility index (Phi) is 53.3. The molecule has 0 rings (SSSR count). The van der Waals surface area contributed by atoms with E-state index >= 15 is 0 Å². The molecule has 402 valence electrons. The summed E-state index contributed by atoms with van der Waals surface area (Å²) in [4.78, 5) is 14.8. The average Bonchev–Trinajstić information content (AvgIpc) is 3.34. The highest BCUT2D eigenvalue weighted by atomic mass is 16.5. The van der Waals surface area contributed by atoms with Crippen molar-refractivity contribution in [2.45, 2.75) is 296 Å².